The van der Waals surface area contributed by atoms with Crippen molar-refractivity contribution >= 4 is 41.9 Å². The minimum absolute atomic E-state index is 0.251. The van der Waals surface area contributed by atoms with Gasteiger partial charge < -0.3 is 0 Å². The van der Waals surface area contributed by atoms with Crippen LogP contribution in [-0.4, -0.2) is 25.3 Å². The fourth-order valence-corrected chi connectivity index (χ4v) is 4.04. The van der Waals surface area contributed by atoms with E-state index in [0.717, 1.165) is 5.56 Å². The highest BCUT2D eigenvalue weighted by atomic mass is 79.9. The minimum atomic E-state index is -3.55. The summed E-state index contributed by atoms with van der Waals surface area (Å²) < 4.78 is 27.5. The predicted octanol–water partition coefficient (Wildman–Crippen LogP) is 4.19. The maximum atomic E-state index is 12.7. The summed E-state index contributed by atoms with van der Waals surface area (Å²) in [4.78, 5) is 0.288. The average molecular weight is 423 g/mol. The largest absolute Gasteiger partial charge is 0.243 e. The van der Waals surface area contributed by atoms with E-state index < -0.39 is 10.0 Å². The number of benzene rings is 1. The van der Waals surface area contributed by atoms with Crippen molar-refractivity contribution in [2.45, 2.75) is 24.8 Å². The van der Waals surface area contributed by atoms with Crippen molar-refractivity contribution in [2.24, 2.45) is 0 Å². The molecule has 6 heteroatoms. The van der Waals surface area contributed by atoms with E-state index >= 15 is 0 Å². The number of hydrogen-bond acceptors (Lipinski definition) is 2. The third-order valence-electron chi connectivity index (χ3n) is 2.76. The summed E-state index contributed by atoms with van der Waals surface area (Å²) in [6.07, 6.45) is 3.35. The van der Waals surface area contributed by atoms with Gasteiger partial charge in [0.25, 0.3) is 0 Å². The molecule has 0 N–H and O–H groups in total. The van der Waals surface area contributed by atoms with E-state index in [-0.39, 0.29) is 17.5 Å². The van der Waals surface area contributed by atoms with Crippen LogP contribution in [-0.2, 0) is 10.0 Å². The van der Waals surface area contributed by atoms with Crippen LogP contribution in [0, 0.1) is 6.92 Å². The van der Waals surface area contributed by atoms with Gasteiger partial charge in [0.15, 0.2) is 0 Å². The Hall–Kier alpha value is -0.430. The molecule has 1 unspecified atom stereocenters. The maximum absolute atomic E-state index is 12.7. The molecule has 0 aromatic heterocycles. The van der Waals surface area contributed by atoms with Crippen molar-refractivity contribution in [3.63, 3.8) is 0 Å². The van der Waals surface area contributed by atoms with E-state index in [9.17, 15) is 8.42 Å². The second-order valence-electron chi connectivity index (χ2n) is 4.37. The molecule has 1 aromatic carbocycles. The zero-order valence-corrected chi connectivity index (χ0v) is 15.4. The van der Waals surface area contributed by atoms with Gasteiger partial charge in [0.2, 0.25) is 10.0 Å². The summed E-state index contributed by atoms with van der Waals surface area (Å²) in [5, 5.41) is 0. The molecule has 0 bridgehead atoms. The number of aryl methyl sites for hydroxylation is 1. The first-order valence-corrected chi connectivity index (χ1v) is 9.04. The van der Waals surface area contributed by atoms with Crippen LogP contribution in [0.4, 0.5) is 0 Å². The Morgan fingerprint density at radius 2 is 1.90 bits per heavy atom. The topological polar surface area (TPSA) is 37.4 Å². The number of sulfonamides is 1. The second kappa shape index (κ2) is 7.54. The monoisotopic (exact) mass is 421 g/mol. The SMILES string of the molecule is C=CCN(C(C)C=C(Br)Br)S(=O)(=O)c1ccc(C)cc1. The first-order valence-electron chi connectivity index (χ1n) is 6.01. The van der Waals surface area contributed by atoms with Crippen molar-refractivity contribution in [2.75, 3.05) is 6.54 Å². The van der Waals surface area contributed by atoms with E-state index in [1.165, 1.54) is 4.31 Å². The number of hydrogen-bond donors (Lipinski definition) is 0. The Labute approximate surface area is 137 Å². The molecule has 1 rings (SSSR count). The lowest BCUT2D eigenvalue weighted by Gasteiger charge is -2.25. The lowest BCUT2D eigenvalue weighted by Crippen LogP contribution is -2.37. The highest BCUT2D eigenvalue weighted by Gasteiger charge is 2.27. The molecule has 0 heterocycles. The number of rotatable bonds is 6. The Kier molecular flexibility index (Phi) is 6.64. The predicted molar refractivity (Wildman–Crippen MR) is 90.7 cm³/mol. The van der Waals surface area contributed by atoms with Crippen LogP contribution < -0.4 is 0 Å². The quantitative estimate of drug-likeness (QED) is 0.644. The molecular formula is C14H17Br2NO2S. The van der Waals surface area contributed by atoms with Gasteiger partial charge in [-0.05, 0) is 63.9 Å². The molecule has 0 radical (unpaired) electrons. The van der Waals surface area contributed by atoms with Gasteiger partial charge in [-0.2, -0.15) is 4.31 Å². The molecule has 0 saturated carbocycles. The zero-order valence-electron chi connectivity index (χ0n) is 11.4. The highest BCUT2D eigenvalue weighted by molar-refractivity contribution is 9.28. The maximum Gasteiger partial charge on any atom is 0.243 e. The van der Waals surface area contributed by atoms with Gasteiger partial charge in [0.05, 0.1) is 8.29 Å². The van der Waals surface area contributed by atoms with Crippen LogP contribution in [0.1, 0.15) is 12.5 Å². The third-order valence-corrected chi connectivity index (χ3v) is 5.25. The van der Waals surface area contributed by atoms with Gasteiger partial charge in [-0.3, -0.25) is 0 Å². The van der Waals surface area contributed by atoms with Crippen molar-refractivity contribution < 1.29 is 8.42 Å². The summed E-state index contributed by atoms with van der Waals surface area (Å²) in [7, 11) is -3.55. The van der Waals surface area contributed by atoms with Crippen LogP contribution >= 0.6 is 31.9 Å². The fourth-order valence-electron chi connectivity index (χ4n) is 1.72. The summed E-state index contributed by atoms with van der Waals surface area (Å²) in [6, 6.07) is 6.54. The van der Waals surface area contributed by atoms with Gasteiger partial charge >= 0.3 is 0 Å². The fraction of sp³-hybridized carbons (Fsp3) is 0.286. The van der Waals surface area contributed by atoms with E-state index in [2.05, 4.69) is 38.4 Å². The van der Waals surface area contributed by atoms with Crippen molar-refractivity contribution in [1.82, 2.24) is 4.31 Å². The third kappa shape index (κ3) is 4.55. The Morgan fingerprint density at radius 3 is 2.35 bits per heavy atom. The van der Waals surface area contributed by atoms with Crippen molar-refractivity contribution in [3.8, 4) is 0 Å². The van der Waals surface area contributed by atoms with Gasteiger partial charge in [-0.25, -0.2) is 8.42 Å². The summed E-state index contributed by atoms with van der Waals surface area (Å²) in [5.74, 6) is 0. The number of halogens is 2. The standard InChI is InChI=1S/C14H17Br2NO2S/c1-4-9-17(12(3)10-14(15)16)20(18,19)13-7-5-11(2)6-8-13/h4-8,10,12H,1,9H2,2-3H3. The van der Waals surface area contributed by atoms with Crippen LogP contribution in [0.2, 0.25) is 0 Å². The van der Waals surface area contributed by atoms with Crippen LogP contribution in [0.5, 0.6) is 0 Å². The van der Waals surface area contributed by atoms with Gasteiger partial charge in [0, 0.05) is 12.6 Å². The Bertz CT molecular complexity index is 590. The minimum Gasteiger partial charge on any atom is -0.207 e. The molecular weight excluding hydrogens is 406 g/mol. The Balaban J connectivity index is 3.21. The molecule has 110 valence electrons. The van der Waals surface area contributed by atoms with Crippen molar-refractivity contribution in [1.29, 1.82) is 0 Å². The lowest BCUT2D eigenvalue weighted by atomic mass is 10.2. The van der Waals surface area contributed by atoms with Gasteiger partial charge in [-0.1, -0.05) is 23.8 Å². The van der Waals surface area contributed by atoms with E-state index in [1.54, 1.807) is 36.4 Å². The molecule has 0 aliphatic rings. The molecule has 0 amide bonds. The van der Waals surface area contributed by atoms with Crippen LogP contribution in [0.15, 0.2) is 51.3 Å². The first-order chi connectivity index (χ1) is 9.28. The van der Waals surface area contributed by atoms with E-state index in [4.69, 9.17) is 0 Å². The van der Waals surface area contributed by atoms with Crippen molar-refractivity contribution in [3.05, 3.63) is 52.0 Å². The van der Waals surface area contributed by atoms with Gasteiger partial charge in [-0.15, -0.1) is 6.58 Å². The molecule has 1 aromatic rings. The van der Waals surface area contributed by atoms with Crippen LogP contribution in [0.25, 0.3) is 0 Å². The molecule has 0 aliphatic carbocycles. The summed E-state index contributed by atoms with van der Waals surface area (Å²) in [5.41, 5.74) is 1.02. The van der Waals surface area contributed by atoms with Crippen LogP contribution in [0.3, 0.4) is 0 Å². The highest BCUT2D eigenvalue weighted by Crippen LogP contribution is 2.22. The molecule has 0 fully saturated rings. The summed E-state index contributed by atoms with van der Waals surface area (Å²) in [6.45, 7) is 7.62. The molecule has 0 saturated heterocycles. The number of nitrogens with zero attached hydrogens (tertiary/aromatic N) is 1. The molecule has 0 spiro atoms. The van der Waals surface area contributed by atoms with E-state index in [0.29, 0.717) is 3.39 Å². The molecule has 20 heavy (non-hydrogen) atoms. The lowest BCUT2D eigenvalue weighted by molar-refractivity contribution is 0.408. The van der Waals surface area contributed by atoms with E-state index in [1.807, 2.05) is 13.8 Å². The molecule has 3 nitrogen and oxygen atoms in total. The van der Waals surface area contributed by atoms with Gasteiger partial charge in [0.1, 0.15) is 0 Å². The second-order valence-corrected chi connectivity index (χ2v) is 9.04. The zero-order chi connectivity index (χ0) is 15.3. The average Bonchev–Trinajstić information content (AvgIpc) is 2.35. The normalized spacial score (nSPS) is 13.1. The smallest absolute Gasteiger partial charge is 0.207 e. The first kappa shape index (κ1) is 17.6. The summed E-state index contributed by atoms with van der Waals surface area (Å²) >= 11 is 6.51. The molecule has 1 atom stereocenters. The Morgan fingerprint density at radius 1 is 1.35 bits per heavy atom. The molecule has 0 aliphatic heterocycles.